The second kappa shape index (κ2) is 14.8. The number of rotatable bonds is 12. The lowest BCUT2D eigenvalue weighted by molar-refractivity contribution is -0.168. The second-order valence-electron chi connectivity index (χ2n) is 13.7. The molecule has 10 heteroatoms. The Hall–Kier alpha value is -3.14. The molecule has 0 aromatic heterocycles. The van der Waals surface area contributed by atoms with Crippen LogP contribution in [-0.4, -0.2) is 47.0 Å². The van der Waals surface area contributed by atoms with Crippen LogP contribution in [0.5, 0.6) is 11.5 Å². The Morgan fingerprint density at radius 2 is 1.45 bits per heavy atom. The highest BCUT2D eigenvalue weighted by molar-refractivity contribution is 5.81. The minimum atomic E-state index is -2.17. The SMILES string of the molecule is CCC(C)N[C@@](Cc1ccc(OC(=O)CC(C)(C)C)c(OC(=O)CC(C)(C)C)c1)(OC(=O)OC1CCCCC1)C(=O)O. The smallest absolute Gasteiger partial charge is 0.477 e. The topological polar surface area (TPSA) is 137 Å². The number of nitrogens with one attached hydrogen (secondary N) is 1. The van der Waals surface area contributed by atoms with Gasteiger partial charge < -0.3 is 24.1 Å². The summed E-state index contributed by atoms with van der Waals surface area (Å²) in [4.78, 5) is 50.9. The lowest BCUT2D eigenvalue weighted by atomic mass is 9.92. The van der Waals surface area contributed by atoms with Gasteiger partial charge in [-0.15, -0.1) is 0 Å². The molecule has 1 saturated carbocycles. The fourth-order valence-corrected chi connectivity index (χ4v) is 4.58. The number of carboxylic acid groups (broad SMARTS) is 1. The average Bonchev–Trinajstić information content (AvgIpc) is 2.83. The van der Waals surface area contributed by atoms with Crippen molar-refractivity contribution in [3.05, 3.63) is 23.8 Å². The molecule has 10 nitrogen and oxygen atoms in total. The molecular weight excluding hydrogens is 542 g/mol. The summed E-state index contributed by atoms with van der Waals surface area (Å²) in [5.41, 5.74) is -2.49. The number of hydrogen-bond acceptors (Lipinski definition) is 9. The summed E-state index contributed by atoms with van der Waals surface area (Å²) in [6, 6.07) is 4.11. The van der Waals surface area contributed by atoms with E-state index in [2.05, 4.69) is 5.32 Å². The predicted octanol–water partition coefficient (Wildman–Crippen LogP) is 6.57. The van der Waals surface area contributed by atoms with Gasteiger partial charge in [-0.05, 0) is 67.6 Å². The summed E-state index contributed by atoms with van der Waals surface area (Å²) in [5.74, 6) is -2.45. The van der Waals surface area contributed by atoms with Crippen molar-refractivity contribution in [2.45, 2.75) is 131 Å². The molecule has 0 bridgehead atoms. The van der Waals surface area contributed by atoms with E-state index in [1.165, 1.54) is 12.1 Å². The van der Waals surface area contributed by atoms with Gasteiger partial charge in [0.25, 0.3) is 5.72 Å². The number of aliphatic carboxylic acids is 1. The Labute approximate surface area is 249 Å². The van der Waals surface area contributed by atoms with Gasteiger partial charge in [-0.2, -0.15) is 0 Å². The second-order valence-corrected chi connectivity index (χ2v) is 13.7. The fraction of sp³-hybridized carbons (Fsp3) is 0.688. The van der Waals surface area contributed by atoms with Crippen LogP contribution in [0.2, 0.25) is 0 Å². The van der Waals surface area contributed by atoms with Crippen molar-refractivity contribution in [2.24, 2.45) is 10.8 Å². The Morgan fingerprint density at radius 3 is 1.95 bits per heavy atom. The molecule has 0 radical (unpaired) electrons. The quantitative estimate of drug-likeness (QED) is 0.156. The molecule has 1 fully saturated rings. The van der Waals surface area contributed by atoms with Crippen molar-refractivity contribution >= 4 is 24.1 Å². The first-order valence-electron chi connectivity index (χ1n) is 14.9. The van der Waals surface area contributed by atoms with Crippen molar-refractivity contribution in [3.8, 4) is 11.5 Å². The minimum Gasteiger partial charge on any atom is -0.477 e. The Kier molecular flexibility index (Phi) is 12.4. The van der Waals surface area contributed by atoms with Crippen LogP contribution in [0.15, 0.2) is 18.2 Å². The molecule has 236 valence electrons. The first-order chi connectivity index (χ1) is 19.4. The highest BCUT2D eigenvalue weighted by atomic mass is 16.7. The summed E-state index contributed by atoms with van der Waals surface area (Å²) in [6.45, 7) is 15.0. The van der Waals surface area contributed by atoms with Crippen LogP contribution in [0.1, 0.15) is 112 Å². The van der Waals surface area contributed by atoms with Crippen molar-refractivity contribution in [3.63, 3.8) is 0 Å². The molecule has 2 rings (SSSR count). The third-order valence-electron chi connectivity index (χ3n) is 6.77. The Bertz CT molecular complexity index is 1100. The molecule has 2 N–H and O–H groups in total. The summed E-state index contributed by atoms with van der Waals surface area (Å²) in [6.07, 6.45) is 3.40. The van der Waals surface area contributed by atoms with E-state index in [1.54, 1.807) is 13.0 Å². The zero-order valence-corrected chi connectivity index (χ0v) is 26.5. The van der Waals surface area contributed by atoms with Crippen LogP contribution in [0.4, 0.5) is 4.79 Å². The summed E-state index contributed by atoms with van der Waals surface area (Å²) < 4.78 is 22.2. The predicted molar refractivity (Wildman–Crippen MR) is 157 cm³/mol. The van der Waals surface area contributed by atoms with Gasteiger partial charge in [0.2, 0.25) is 0 Å². The molecular formula is C32H49NO9. The molecule has 1 aromatic carbocycles. The number of ether oxygens (including phenoxy) is 4. The summed E-state index contributed by atoms with van der Waals surface area (Å²) >= 11 is 0. The monoisotopic (exact) mass is 591 g/mol. The number of hydrogen-bond donors (Lipinski definition) is 2. The van der Waals surface area contributed by atoms with E-state index in [4.69, 9.17) is 18.9 Å². The highest BCUT2D eigenvalue weighted by Crippen LogP contribution is 2.33. The van der Waals surface area contributed by atoms with E-state index in [0.717, 1.165) is 19.3 Å². The first-order valence-corrected chi connectivity index (χ1v) is 14.9. The molecule has 0 heterocycles. The van der Waals surface area contributed by atoms with Crippen molar-refractivity contribution in [1.82, 2.24) is 5.32 Å². The molecule has 1 unspecified atom stereocenters. The highest BCUT2D eigenvalue weighted by Gasteiger charge is 2.45. The molecule has 1 aromatic rings. The molecule has 0 amide bonds. The lowest BCUT2D eigenvalue weighted by Gasteiger charge is -2.33. The number of carbonyl (C=O) groups is 4. The standard InChI is InChI=1S/C32H49NO9/c1-9-21(2)33-32(28(36)37,42-29(38)39-23-13-11-10-12-14-23)18-22-15-16-24(40-26(34)19-30(3,4)5)25(17-22)41-27(35)20-31(6,7)8/h15-17,21,23,33H,9-14,18-20H2,1-8H3,(H,36,37)/t21?,32-/m0/s1. The molecule has 0 saturated heterocycles. The molecule has 1 aliphatic rings. The van der Waals surface area contributed by atoms with Gasteiger partial charge in [-0.25, -0.2) is 9.59 Å². The number of carboxylic acids is 1. The normalized spacial score (nSPS) is 16.6. The van der Waals surface area contributed by atoms with E-state index in [-0.39, 0.29) is 53.7 Å². The number of carbonyl (C=O) groups excluding carboxylic acids is 3. The molecule has 1 aliphatic carbocycles. The van der Waals surface area contributed by atoms with Gasteiger partial charge in [-0.1, -0.05) is 61.0 Å². The maximum atomic E-state index is 12.9. The number of esters is 2. The molecule has 42 heavy (non-hydrogen) atoms. The maximum absolute atomic E-state index is 12.9. The molecule has 0 spiro atoms. The van der Waals surface area contributed by atoms with Gasteiger partial charge in [0.1, 0.15) is 6.10 Å². The Morgan fingerprint density at radius 1 is 0.905 bits per heavy atom. The van der Waals surface area contributed by atoms with Crippen molar-refractivity contribution < 1.29 is 43.2 Å². The minimum absolute atomic E-state index is 0.0309. The lowest BCUT2D eigenvalue weighted by Crippen LogP contribution is -2.59. The van der Waals surface area contributed by atoms with Gasteiger partial charge >= 0.3 is 24.1 Å². The molecule has 2 atom stereocenters. The third kappa shape index (κ3) is 12.0. The van der Waals surface area contributed by atoms with Gasteiger partial charge in [0.15, 0.2) is 11.5 Å². The van der Waals surface area contributed by atoms with Crippen LogP contribution in [-0.2, 0) is 30.3 Å². The third-order valence-corrected chi connectivity index (χ3v) is 6.77. The van der Waals surface area contributed by atoms with Crippen molar-refractivity contribution in [2.75, 3.05) is 0 Å². The van der Waals surface area contributed by atoms with Crippen LogP contribution in [0.25, 0.3) is 0 Å². The van der Waals surface area contributed by atoms with E-state index in [0.29, 0.717) is 24.8 Å². The Balaban J connectivity index is 2.43. The van der Waals surface area contributed by atoms with Crippen LogP contribution < -0.4 is 14.8 Å². The number of benzene rings is 1. The summed E-state index contributed by atoms with van der Waals surface area (Å²) in [5, 5.41) is 13.3. The van der Waals surface area contributed by atoms with E-state index >= 15 is 0 Å². The zero-order chi connectivity index (χ0) is 31.7. The van der Waals surface area contributed by atoms with Crippen LogP contribution in [0.3, 0.4) is 0 Å². The summed E-state index contributed by atoms with van der Waals surface area (Å²) in [7, 11) is 0. The zero-order valence-electron chi connectivity index (χ0n) is 26.5. The maximum Gasteiger partial charge on any atom is 0.510 e. The van der Waals surface area contributed by atoms with Crippen LogP contribution >= 0.6 is 0 Å². The van der Waals surface area contributed by atoms with E-state index in [9.17, 15) is 24.3 Å². The van der Waals surface area contributed by atoms with Crippen molar-refractivity contribution in [1.29, 1.82) is 0 Å². The fourth-order valence-electron chi connectivity index (χ4n) is 4.58. The molecule has 0 aliphatic heterocycles. The van der Waals surface area contributed by atoms with Gasteiger partial charge in [0, 0.05) is 12.5 Å². The van der Waals surface area contributed by atoms with Gasteiger partial charge in [-0.3, -0.25) is 14.9 Å². The van der Waals surface area contributed by atoms with E-state index in [1.807, 2.05) is 48.5 Å². The van der Waals surface area contributed by atoms with E-state index < -0.39 is 29.8 Å². The van der Waals surface area contributed by atoms with Gasteiger partial charge in [0.05, 0.1) is 12.8 Å². The average molecular weight is 592 g/mol. The first kappa shape index (κ1) is 35.1. The largest absolute Gasteiger partial charge is 0.510 e. The van der Waals surface area contributed by atoms with Crippen LogP contribution in [0, 0.1) is 10.8 Å².